The average molecular weight is 296 g/mol. The van der Waals surface area contributed by atoms with Gasteiger partial charge >= 0.3 is 5.97 Å². The van der Waals surface area contributed by atoms with E-state index in [1.54, 1.807) is 19.1 Å². The van der Waals surface area contributed by atoms with Crippen LogP contribution in [0.4, 0.5) is 0 Å². The molecule has 0 unspecified atom stereocenters. The number of carbonyl (C=O) groups excluding carboxylic acids is 1. The van der Waals surface area contributed by atoms with E-state index >= 15 is 0 Å². The average Bonchev–Trinajstić information content (AvgIpc) is 3.22. The Kier molecular flexibility index (Phi) is 4.33. The van der Waals surface area contributed by atoms with E-state index < -0.39 is 11.5 Å². The van der Waals surface area contributed by atoms with Crippen molar-refractivity contribution in [3.05, 3.63) is 34.9 Å². The number of halogens is 1. The van der Waals surface area contributed by atoms with E-state index in [4.69, 9.17) is 11.6 Å². The van der Waals surface area contributed by atoms with Crippen molar-refractivity contribution in [2.45, 2.75) is 38.1 Å². The quantitative estimate of drug-likeness (QED) is 0.848. The molecule has 0 spiro atoms. The van der Waals surface area contributed by atoms with Gasteiger partial charge in [-0.1, -0.05) is 23.7 Å². The highest BCUT2D eigenvalue weighted by atomic mass is 35.5. The first-order valence-electron chi connectivity index (χ1n) is 6.70. The van der Waals surface area contributed by atoms with Gasteiger partial charge in [-0.3, -0.25) is 4.79 Å². The highest BCUT2D eigenvalue weighted by molar-refractivity contribution is 6.30. The van der Waals surface area contributed by atoms with Crippen LogP contribution in [-0.2, 0) is 16.0 Å². The molecule has 0 bridgehead atoms. The van der Waals surface area contributed by atoms with Gasteiger partial charge in [-0.2, -0.15) is 0 Å². The molecule has 1 aromatic carbocycles. The van der Waals surface area contributed by atoms with Gasteiger partial charge in [0.25, 0.3) is 0 Å². The second-order valence-electron chi connectivity index (χ2n) is 5.46. The third kappa shape index (κ3) is 3.51. The van der Waals surface area contributed by atoms with Crippen molar-refractivity contribution < 1.29 is 14.7 Å². The van der Waals surface area contributed by atoms with Crippen LogP contribution in [0, 0.1) is 5.92 Å². The van der Waals surface area contributed by atoms with Gasteiger partial charge in [0.2, 0.25) is 5.91 Å². The summed E-state index contributed by atoms with van der Waals surface area (Å²) in [5.74, 6) is -1.13. The number of nitrogens with one attached hydrogen (secondary N) is 1. The molecule has 108 valence electrons. The van der Waals surface area contributed by atoms with Gasteiger partial charge in [-0.15, -0.1) is 0 Å². The van der Waals surface area contributed by atoms with Crippen molar-refractivity contribution in [1.29, 1.82) is 0 Å². The molecule has 20 heavy (non-hydrogen) atoms. The number of aliphatic carboxylic acids is 1. The number of carboxylic acid groups (broad SMARTS) is 1. The van der Waals surface area contributed by atoms with Gasteiger partial charge in [0, 0.05) is 11.4 Å². The Morgan fingerprint density at radius 3 is 2.45 bits per heavy atom. The topological polar surface area (TPSA) is 66.4 Å². The van der Waals surface area contributed by atoms with Gasteiger partial charge in [0.1, 0.15) is 5.54 Å². The molecule has 0 radical (unpaired) electrons. The Balaban J connectivity index is 1.88. The zero-order valence-corrected chi connectivity index (χ0v) is 12.1. The van der Waals surface area contributed by atoms with Crippen LogP contribution in [0.5, 0.6) is 0 Å². The predicted molar refractivity (Wildman–Crippen MR) is 76.7 cm³/mol. The number of amides is 1. The lowest BCUT2D eigenvalue weighted by Gasteiger charge is -2.26. The first-order chi connectivity index (χ1) is 9.41. The minimum Gasteiger partial charge on any atom is -0.480 e. The fraction of sp³-hybridized carbons (Fsp3) is 0.467. The molecule has 1 amide bonds. The van der Waals surface area contributed by atoms with Crippen LogP contribution < -0.4 is 5.32 Å². The highest BCUT2D eigenvalue weighted by Gasteiger charge is 2.48. The van der Waals surface area contributed by atoms with Crippen LogP contribution >= 0.6 is 11.6 Å². The number of hydrogen-bond acceptors (Lipinski definition) is 2. The van der Waals surface area contributed by atoms with Crippen LogP contribution in [0.25, 0.3) is 0 Å². The minimum absolute atomic E-state index is 0.0551. The van der Waals surface area contributed by atoms with Gasteiger partial charge in [0.15, 0.2) is 0 Å². The first kappa shape index (κ1) is 14.9. The number of benzene rings is 1. The maximum atomic E-state index is 11.9. The molecule has 0 saturated heterocycles. The second-order valence-corrected chi connectivity index (χ2v) is 5.89. The van der Waals surface area contributed by atoms with Crippen molar-refractivity contribution in [2.75, 3.05) is 0 Å². The second kappa shape index (κ2) is 5.83. The molecule has 1 atom stereocenters. The Bertz CT molecular complexity index is 510. The van der Waals surface area contributed by atoms with Crippen molar-refractivity contribution >= 4 is 23.5 Å². The zero-order chi connectivity index (χ0) is 14.8. The molecule has 2 N–H and O–H groups in total. The van der Waals surface area contributed by atoms with Crippen molar-refractivity contribution in [3.63, 3.8) is 0 Å². The SMILES string of the molecule is C[C@](NC(=O)CCc1ccc(Cl)cc1)(C(=O)O)C1CC1. The Morgan fingerprint density at radius 1 is 1.35 bits per heavy atom. The van der Waals surface area contributed by atoms with Gasteiger partial charge < -0.3 is 10.4 Å². The highest BCUT2D eigenvalue weighted by Crippen LogP contribution is 2.39. The molecule has 0 aromatic heterocycles. The Labute approximate surface area is 123 Å². The molecule has 1 aliphatic rings. The van der Waals surface area contributed by atoms with Gasteiger partial charge in [-0.25, -0.2) is 4.79 Å². The molecule has 5 heteroatoms. The Morgan fingerprint density at radius 2 is 1.95 bits per heavy atom. The smallest absolute Gasteiger partial charge is 0.329 e. The molecule has 1 fully saturated rings. The third-order valence-electron chi connectivity index (χ3n) is 3.79. The van der Waals surface area contributed by atoms with Gasteiger partial charge in [0.05, 0.1) is 0 Å². The van der Waals surface area contributed by atoms with E-state index in [9.17, 15) is 14.7 Å². The van der Waals surface area contributed by atoms with Crippen LogP contribution in [0.1, 0.15) is 31.7 Å². The third-order valence-corrected chi connectivity index (χ3v) is 4.04. The minimum atomic E-state index is -1.13. The van der Waals surface area contributed by atoms with E-state index in [1.165, 1.54) is 0 Å². The van der Waals surface area contributed by atoms with Gasteiger partial charge in [-0.05, 0) is 49.8 Å². The summed E-state index contributed by atoms with van der Waals surface area (Å²) in [6.45, 7) is 1.59. The largest absolute Gasteiger partial charge is 0.480 e. The monoisotopic (exact) mass is 295 g/mol. The first-order valence-corrected chi connectivity index (χ1v) is 7.08. The summed E-state index contributed by atoms with van der Waals surface area (Å²) in [5, 5.41) is 12.6. The fourth-order valence-corrected chi connectivity index (χ4v) is 2.38. The van der Waals surface area contributed by atoms with E-state index in [2.05, 4.69) is 5.32 Å². The standard InChI is InChI=1S/C15H18ClNO3/c1-15(14(19)20,11-5-6-11)17-13(18)9-4-10-2-7-12(16)8-3-10/h2-3,7-8,11H,4-6,9H2,1H3,(H,17,18)(H,19,20)/t15-/m1/s1. The van der Waals surface area contributed by atoms with Crippen molar-refractivity contribution in [2.24, 2.45) is 5.92 Å². The molecule has 4 nitrogen and oxygen atoms in total. The van der Waals surface area contributed by atoms with E-state index in [0.717, 1.165) is 18.4 Å². The molecular weight excluding hydrogens is 278 g/mol. The normalized spacial score (nSPS) is 17.3. The number of carboxylic acids is 1. The van der Waals surface area contributed by atoms with Crippen molar-refractivity contribution in [3.8, 4) is 0 Å². The molecule has 0 heterocycles. The Hall–Kier alpha value is -1.55. The number of aryl methyl sites for hydroxylation is 1. The van der Waals surface area contributed by atoms with Crippen LogP contribution in [0.15, 0.2) is 24.3 Å². The predicted octanol–water partition coefficient (Wildman–Crippen LogP) is 2.64. The maximum Gasteiger partial charge on any atom is 0.329 e. The molecule has 1 aliphatic carbocycles. The molecule has 2 rings (SSSR count). The van der Waals surface area contributed by atoms with Crippen LogP contribution in [-0.4, -0.2) is 22.5 Å². The summed E-state index contributed by atoms with van der Waals surface area (Å²) in [6.07, 6.45) is 2.57. The summed E-state index contributed by atoms with van der Waals surface area (Å²) in [7, 11) is 0. The fourth-order valence-electron chi connectivity index (χ4n) is 2.25. The number of carbonyl (C=O) groups is 2. The zero-order valence-electron chi connectivity index (χ0n) is 11.4. The van der Waals surface area contributed by atoms with Crippen molar-refractivity contribution in [1.82, 2.24) is 5.32 Å². The molecule has 1 aromatic rings. The number of rotatable bonds is 6. The van der Waals surface area contributed by atoms with Crippen LogP contribution in [0.2, 0.25) is 5.02 Å². The van der Waals surface area contributed by atoms with E-state index in [0.29, 0.717) is 11.4 Å². The number of hydrogen-bond donors (Lipinski definition) is 2. The summed E-state index contributed by atoms with van der Waals surface area (Å²) < 4.78 is 0. The van der Waals surface area contributed by atoms with E-state index in [1.807, 2.05) is 12.1 Å². The lowest BCUT2D eigenvalue weighted by Crippen LogP contribution is -2.54. The van der Waals surface area contributed by atoms with Crippen LogP contribution in [0.3, 0.4) is 0 Å². The molecular formula is C15H18ClNO3. The lowest BCUT2D eigenvalue weighted by molar-refractivity contribution is -0.147. The maximum absolute atomic E-state index is 11.9. The summed E-state index contributed by atoms with van der Waals surface area (Å²) in [4.78, 5) is 23.3. The summed E-state index contributed by atoms with van der Waals surface area (Å²) in [6, 6.07) is 7.29. The molecule has 0 aliphatic heterocycles. The lowest BCUT2D eigenvalue weighted by atomic mass is 9.95. The molecule has 1 saturated carbocycles. The van der Waals surface area contributed by atoms with E-state index in [-0.39, 0.29) is 18.2 Å². The summed E-state index contributed by atoms with van der Waals surface area (Å²) in [5.41, 5.74) is -0.120. The summed E-state index contributed by atoms with van der Waals surface area (Å²) >= 11 is 5.79.